The molecule has 2 rings (SSSR count). The maximum Gasteiger partial charge on any atom is 0.290 e. The number of thiophene rings is 1. The highest BCUT2D eigenvalue weighted by atomic mass is 32.1. The first-order valence-electron chi connectivity index (χ1n) is 8.18. The zero-order chi connectivity index (χ0) is 17.9. The minimum absolute atomic E-state index is 0.150. The van der Waals surface area contributed by atoms with Gasteiger partial charge in [-0.05, 0) is 36.3 Å². The highest BCUT2D eigenvalue weighted by Crippen LogP contribution is 2.41. The van der Waals surface area contributed by atoms with E-state index in [0.717, 1.165) is 10.4 Å². The van der Waals surface area contributed by atoms with E-state index in [1.54, 1.807) is 12.0 Å². The van der Waals surface area contributed by atoms with Crippen molar-refractivity contribution in [2.45, 2.75) is 39.7 Å². The van der Waals surface area contributed by atoms with Gasteiger partial charge in [0.05, 0.1) is 11.6 Å². The third-order valence-corrected chi connectivity index (χ3v) is 5.17. The van der Waals surface area contributed by atoms with Crippen molar-refractivity contribution in [3.05, 3.63) is 33.2 Å². The second-order valence-electron chi connectivity index (χ2n) is 6.50. The molecule has 0 fully saturated rings. The largest absolute Gasteiger partial charge is 0.503 e. The summed E-state index contributed by atoms with van der Waals surface area (Å²) in [5, 5.41) is 12.3. The molecule has 5 nitrogen and oxygen atoms in total. The van der Waals surface area contributed by atoms with Gasteiger partial charge in [-0.1, -0.05) is 13.8 Å². The molecule has 2 heterocycles. The first kappa shape index (κ1) is 18.7. The first-order valence-corrected chi connectivity index (χ1v) is 9.06. The molecular formula is C18H25NO4S. The van der Waals surface area contributed by atoms with Gasteiger partial charge in [-0.2, -0.15) is 0 Å². The number of Topliss-reactive ketones (excluding diaryl/α,β-unsaturated/α-hetero) is 1. The normalized spacial score (nSPS) is 18.1. The predicted molar refractivity (Wildman–Crippen MR) is 94.1 cm³/mol. The average molecular weight is 351 g/mol. The third-order valence-electron chi connectivity index (χ3n) is 4.10. The lowest BCUT2D eigenvalue weighted by molar-refractivity contribution is -0.129. The molecule has 0 radical (unpaired) electrons. The van der Waals surface area contributed by atoms with Crippen molar-refractivity contribution < 1.29 is 19.4 Å². The SMILES string of the molecule is COCCCN1C(=O)C(O)=C(C(=O)CC(C)C)C1c1sccc1C. The molecule has 0 aromatic carbocycles. The number of rotatable bonds is 8. The lowest BCUT2D eigenvalue weighted by Gasteiger charge is -2.26. The van der Waals surface area contributed by atoms with Crippen LogP contribution in [-0.2, 0) is 14.3 Å². The molecule has 1 aromatic rings. The summed E-state index contributed by atoms with van der Waals surface area (Å²) >= 11 is 1.51. The molecule has 1 aliphatic rings. The number of nitrogens with zero attached hydrogens (tertiary/aromatic N) is 1. The van der Waals surface area contributed by atoms with Gasteiger partial charge < -0.3 is 14.7 Å². The van der Waals surface area contributed by atoms with Crippen LogP contribution in [0, 0.1) is 12.8 Å². The Hall–Kier alpha value is -1.66. The van der Waals surface area contributed by atoms with E-state index in [1.807, 2.05) is 32.2 Å². The van der Waals surface area contributed by atoms with E-state index in [2.05, 4.69) is 0 Å². The van der Waals surface area contributed by atoms with Crippen molar-refractivity contribution in [2.75, 3.05) is 20.3 Å². The van der Waals surface area contributed by atoms with E-state index in [-0.39, 0.29) is 17.3 Å². The van der Waals surface area contributed by atoms with Crippen LogP contribution >= 0.6 is 11.3 Å². The molecule has 1 amide bonds. The fourth-order valence-corrected chi connectivity index (χ4v) is 4.01. The van der Waals surface area contributed by atoms with E-state index in [4.69, 9.17) is 4.74 Å². The summed E-state index contributed by atoms with van der Waals surface area (Å²) in [7, 11) is 1.61. The van der Waals surface area contributed by atoms with Crippen LogP contribution in [0.2, 0.25) is 0 Å². The predicted octanol–water partition coefficient (Wildman–Crippen LogP) is 3.40. The van der Waals surface area contributed by atoms with Gasteiger partial charge in [0, 0.05) is 31.6 Å². The van der Waals surface area contributed by atoms with E-state index in [1.165, 1.54) is 11.3 Å². The minimum Gasteiger partial charge on any atom is -0.503 e. The number of aliphatic hydroxyl groups is 1. The lowest BCUT2D eigenvalue weighted by atomic mass is 9.94. The lowest BCUT2D eigenvalue weighted by Crippen LogP contribution is -2.32. The quantitative estimate of drug-likeness (QED) is 0.729. The van der Waals surface area contributed by atoms with E-state index in [0.29, 0.717) is 26.0 Å². The molecule has 1 aromatic heterocycles. The Balaban J connectivity index is 2.40. The monoisotopic (exact) mass is 351 g/mol. The van der Waals surface area contributed by atoms with Gasteiger partial charge in [0.25, 0.3) is 5.91 Å². The molecule has 0 saturated carbocycles. The average Bonchev–Trinajstić information content (AvgIpc) is 3.02. The molecule has 0 bridgehead atoms. The third kappa shape index (κ3) is 3.70. The summed E-state index contributed by atoms with van der Waals surface area (Å²) < 4.78 is 5.06. The number of aryl methyl sites for hydroxylation is 1. The van der Waals surface area contributed by atoms with Gasteiger partial charge in [-0.15, -0.1) is 11.3 Å². The number of hydrogen-bond acceptors (Lipinski definition) is 5. The van der Waals surface area contributed by atoms with Crippen LogP contribution < -0.4 is 0 Å². The number of ketones is 1. The smallest absolute Gasteiger partial charge is 0.290 e. The summed E-state index contributed by atoms with van der Waals surface area (Å²) in [4.78, 5) is 27.8. The van der Waals surface area contributed by atoms with Gasteiger partial charge in [0.1, 0.15) is 0 Å². The van der Waals surface area contributed by atoms with Crippen molar-refractivity contribution in [3.8, 4) is 0 Å². The molecule has 1 aliphatic heterocycles. The maximum absolute atomic E-state index is 12.7. The van der Waals surface area contributed by atoms with Gasteiger partial charge in [-0.25, -0.2) is 0 Å². The number of ether oxygens (including phenoxy) is 1. The van der Waals surface area contributed by atoms with E-state index < -0.39 is 17.7 Å². The molecule has 24 heavy (non-hydrogen) atoms. The molecule has 0 saturated heterocycles. The van der Waals surface area contributed by atoms with Crippen LogP contribution in [-0.4, -0.2) is 42.0 Å². The summed E-state index contributed by atoms with van der Waals surface area (Å²) in [5.74, 6) is -0.838. The molecule has 132 valence electrons. The Morgan fingerprint density at radius 2 is 2.17 bits per heavy atom. The molecule has 6 heteroatoms. The zero-order valence-corrected chi connectivity index (χ0v) is 15.5. The summed E-state index contributed by atoms with van der Waals surface area (Å²) in [6.45, 7) is 6.83. The standard InChI is InChI=1S/C18H25NO4S/c1-11(2)10-13(20)14-15(17-12(3)6-9-24-17)19(7-5-8-23-4)18(22)16(14)21/h6,9,11,15,21H,5,7-8,10H2,1-4H3. The molecule has 0 spiro atoms. The molecule has 1 atom stereocenters. The summed E-state index contributed by atoms with van der Waals surface area (Å²) in [5.41, 5.74) is 1.27. The van der Waals surface area contributed by atoms with Crippen molar-refractivity contribution in [1.82, 2.24) is 4.90 Å². The molecule has 0 aliphatic carbocycles. The van der Waals surface area contributed by atoms with E-state index >= 15 is 0 Å². The first-order chi connectivity index (χ1) is 11.4. The number of carbonyl (C=O) groups excluding carboxylic acids is 2. The van der Waals surface area contributed by atoms with Crippen molar-refractivity contribution in [3.63, 3.8) is 0 Å². The molecule has 1 N–H and O–H groups in total. The summed E-state index contributed by atoms with van der Waals surface area (Å²) in [6, 6.07) is 1.48. The number of aliphatic hydroxyl groups excluding tert-OH is 1. The van der Waals surface area contributed by atoms with Crippen LogP contribution in [0.25, 0.3) is 0 Å². The Labute approximate surface area is 146 Å². The number of carbonyl (C=O) groups is 2. The highest BCUT2D eigenvalue weighted by Gasteiger charge is 2.44. The maximum atomic E-state index is 12.7. The minimum atomic E-state index is -0.486. The van der Waals surface area contributed by atoms with Gasteiger partial charge >= 0.3 is 0 Å². The van der Waals surface area contributed by atoms with Crippen LogP contribution in [0.15, 0.2) is 22.8 Å². The highest BCUT2D eigenvalue weighted by molar-refractivity contribution is 7.10. The van der Waals surface area contributed by atoms with Crippen LogP contribution in [0.4, 0.5) is 0 Å². The summed E-state index contributed by atoms with van der Waals surface area (Å²) in [6.07, 6.45) is 0.974. The van der Waals surface area contributed by atoms with Crippen LogP contribution in [0.1, 0.15) is 43.2 Å². The van der Waals surface area contributed by atoms with Crippen LogP contribution in [0.3, 0.4) is 0 Å². The number of methoxy groups -OCH3 is 1. The second-order valence-corrected chi connectivity index (χ2v) is 7.45. The van der Waals surface area contributed by atoms with Gasteiger partial charge in [-0.3, -0.25) is 9.59 Å². The Kier molecular flexibility index (Phi) is 6.18. The van der Waals surface area contributed by atoms with Crippen molar-refractivity contribution >= 4 is 23.0 Å². The van der Waals surface area contributed by atoms with Crippen molar-refractivity contribution in [2.24, 2.45) is 5.92 Å². The van der Waals surface area contributed by atoms with Crippen LogP contribution in [0.5, 0.6) is 0 Å². The van der Waals surface area contributed by atoms with Gasteiger partial charge in [0.15, 0.2) is 11.5 Å². The number of hydrogen-bond donors (Lipinski definition) is 1. The molecular weight excluding hydrogens is 326 g/mol. The Morgan fingerprint density at radius 1 is 1.46 bits per heavy atom. The topological polar surface area (TPSA) is 66.8 Å². The van der Waals surface area contributed by atoms with Crippen molar-refractivity contribution in [1.29, 1.82) is 0 Å². The number of amides is 1. The van der Waals surface area contributed by atoms with Gasteiger partial charge in [0.2, 0.25) is 0 Å². The fraction of sp³-hybridized carbons (Fsp3) is 0.556. The molecule has 1 unspecified atom stereocenters. The Bertz CT molecular complexity index is 647. The second kappa shape index (κ2) is 7.94. The van der Waals surface area contributed by atoms with E-state index in [9.17, 15) is 14.7 Å². The fourth-order valence-electron chi connectivity index (χ4n) is 2.97. The zero-order valence-electron chi connectivity index (χ0n) is 14.7. The Morgan fingerprint density at radius 3 is 2.71 bits per heavy atom.